The highest BCUT2D eigenvalue weighted by Gasteiger charge is 2.11. The van der Waals surface area contributed by atoms with Gasteiger partial charge < -0.3 is 10.6 Å². The van der Waals surface area contributed by atoms with Gasteiger partial charge in [-0.2, -0.15) is 0 Å². The average molecular weight is 381 g/mol. The fourth-order valence-corrected chi connectivity index (χ4v) is 3.12. The van der Waals surface area contributed by atoms with Crippen molar-refractivity contribution in [3.8, 4) is 0 Å². The molecule has 22 heavy (non-hydrogen) atoms. The van der Waals surface area contributed by atoms with E-state index in [0.717, 1.165) is 21.3 Å². The lowest BCUT2D eigenvalue weighted by Crippen LogP contribution is -2.27. The van der Waals surface area contributed by atoms with Crippen molar-refractivity contribution in [1.82, 2.24) is 5.32 Å². The first-order chi connectivity index (χ1) is 10.5. The van der Waals surface area contributed by atoms with Gasteiger partial charge in [-0.15, -0.1) is 11.3 Å². The normalized spacial score (nSPS) is 10.3. The van der Waals surface area contributed by atoms with E-state index in [4.69, 9.17) is 0 Å². The number of amides is 2. The Morgan fingerprint density at radius 3 is 2.64 bits per heavy atom. The van der Waals surface area contributed by atoms with Crippen LogP contribution < -0.4 is 10.6 Å². The maximum atomic E-state index is 11.9. The predicted molar refractivity (Wildman–Crippen MR) is 93.5 cm³/mol. The summed E-state index contributed by atoms with van der Waals surface area (Å²) in [6.45, 7) is 4.15. The minimum atomic E-state index is -0.126. The fraction of sp³-hybridized carbons (Fsp3) is 0.250. The molecule has 2 rings (SSSR count). The molecule has 116 valence electrons. The van der Waals surface area contributed by atoms with E-state index >= 15 is 0 Å². The third kappa shape index (κ3) is 4.42. The zero-order valence-electron chi connectivity index (χ0n) is 12.4. The van der Waals surface area contributed by atoms with E-state index in [9.17, 15) is 9.59 Å². The molecule has 2 amide bonds. The Morgan fingerprint density at radius 1 is 1.18 bits per heavy atom. The molecular weight excluding hydrogens is 364 g/mol. The zero-order chi connectivity index (χ0) is 16.1. The van der Waals surface area contributed by atoms with Crippen LogP contribution in [-0.4, -0.2) is 18.4 Å². The molecule has 0 saturated carbocycles. The van der Waals surface area contributed by atoms with E-state index in [-0.39, 0.29) is 18.2 Å². The highest BCUT2D eigenvalue weighted by atomic mass is 79.9. The first-order valence-corrected chi connectivity index (χ1v) is 8.53. The summed E-state index contributed by atoms with van der Waals surface area (Å²) in [6.07, 6.45) is 0.238. The molecule has 0 atom stereocenters. The van der Waals surface area contributed by atoms with Gasteiger partial charge in [0.25, 0.3) is 5.91 Å². The number of hydrogen-bond donors (Lipinski definition) is 2. The Morgan fingerprint density at radius 2 is 1.95 bits per heavy atom. The van der Waals surface area contributed by atoms with Crippen LogP contribution in [0.1, 0.15) is 27.2 Å². The number of carbonyl (C=O) groups is 2. The summed E-state index contributed by atoms with van der Waals surface area (Å²) in [5.41, 5.74) is 2.73. The Hall–Kier alpha value is -1.66. The van der Waals surface area contributed by atoms with Gasteiger partial charge in [0.05, 0.1) is 4.88 Å². The standard InChI is InChI=1S/C16H17BrN2O2S/c1-10-3-4-12(17)9-13(10)19-14(20)5-7-18-16(21)15-11(2)6-8-22-15/h3-4,6,8-9H,5,7H2,1-2H3,(H,18,21)(H,19,20). The average Bonchev–Trinajstić information content (AvgIpc) is 2.89. The van der Waals surface area contributed by atoms with Crippen LogP contribution in [-0.2, 0) is 4.79 Å². The number of halogens is 1. The van der Waals surface area contributed by atoms with Crippen molar-refractivity contribution in [1.29, 1.82) is 0 Å². The highest BCUT2D eigenvalue weighted by molar-refractivity contribution is 9.10. The molecule has 0 spiro atoms. The number of benzene rings is 1. The summed E-state index contributed by atoms with van der Waals surface area (Å²) in [5.74, 6) is -0.247. The van der Waals surface area contributed by atoms with E-state index in [0.29, 0.717) is 11.4 Å². The molecule has 0 unspecified atom stereocenters. The maximum absolute atomic E-state index is 11.9. The van der Waals surface area contributed by atoms with Gasteiger partial charge in [0.2, 0.25) is 5.91 Å². The Bertz CT molecular complexity index is 697. The molecule has 6 heteroatoms. The van der Waals surface area contributed by atoms with Crippen molar-refractivity contribution in [2.24, 2.45) is 0 Å². The molecule has 0 bridgehead atoms. The largest absolute Gasteiger partial charge is 0.351 e. The molecule has 0 aliphatic heterocycles. The van der Waals surface area contributed by atoms with Gasteiger partial charge in [0.1, 0.15) is 0 Å². The topological polar surface area (TPSA) is 58.2 Å². The van der Waals surface area contributed by atoms with Crippen LogP contribution in [0.5, 0.6) is 0 Å². The second kappa shape index (κ2) is 7.56. The lowest BCUT2D eigenvalue weighted by Gasteiger charge is -2.09. The molecule has 1 heterocycles. The van der Waals surface area contributed by atoms with E-state index in [2.05, 4.69) is 26.6 Å². The molecular formula is C16H17BrN2O2S. The van der Waals surface area contributed by atoms with Crippen LogP contribution in [0.25, 0.3) is 0 Å². The Labute approximate surface area is 142 Å². The lowest BCUT2D eigenvalue weighted by atomic mass is 10.2. The monoisotopic (exact) mass is 380 g/mol. The van der Waals surface area contributed by atoms with Gasteiger partial charge >= 0.3 is 0 Å². The molecule has 2 N–H and O–H groups in total. The minimum absolute atomic E-state index is 0.121. The van der Waals surface area contributed by atoms with Gasteiger partial charge in [0.15, 0.2) is 0 Å². The molecule has 4 nitrogen and oxygen atoms in total. The van der Waals surface area contributed by atoms with Crippen molar-refractivity contribution in [2.75, 3.05) is 11.9 Å². The molecule has 0 aliphatic carbocycles. The summed E-state index contributed by atoms with van der Waals surface area (Å²) in [6, 6.07) is 7.62. The van der Waals surface area contributed by atoms with Crippen LogP contribution in [0.2, 0.25) is 0 Å². The van der Waals surface area contributed by atoms with Gasteiger partial charge in [-0.05, 0) is 48.6 Å². The molecule has 0 fully saturated rings. The van der Waals surface area contributed by atoms with Crippen molar-refractivity contribution in [2.45, 2.75) is 20.3 Å². The number of rotatable bonds is 5. The van der Waals surface area contributed by atoms with Crippen LogP contribution in [0, 0.1) is 13.8 Å². The maximum Gasteiger partial charge on any atom is 0.261 e. The van der Waals surface area contributed by atoms with Crippen molar-refractivity contribution in [3.05, 3.63) is 50.1 Å². The number of hydrogen-bond acceptors (Lipinski definition) is 3. The molecule has 1 aromatic carbocycles. The molecule has 2 aromatic rings. The summed E-state index contributed by atoms with van der Waals surface area (Å²) in [7, 11) is 0. The highest BCUT2D eigenvalue weighted by Crippen LogP contribution is 2.20. The number of anilines is 1. The van der Waals surface area contributed by atoms with E-state index in [1.165, 1.54) is 11.3 Å². The Balaban J connectivity index is 1.82. The number of nitrogens with one attached hydrogen (secondary N) is 2. The van der Waals surface area contributed by atoms with Crippen molar-refractivity contribution >= 4 is 44.8 Å². The smallest absolute Gasteiger partial charge is 0.261 e. The van der Waals surface area contributed by atoms with Crippen LogP contribution in [0.15, 0.2) is 34.1 Å². The number of carbonyl (C=O) groups excluding carboxylic acids is 2. The number of aryl methyl sites for hydroxylation is 2. The first-order valence-electron chi connectivity index (χ1n) is 6.85. The van der Waals surface area contributed by atoms with Crippen molar-refractivity contribution < 1.29 is 9.59 Å². The third-order valence-corrected chi connectivity index (χ3v) is 4.69. The minimum Gasteiger partial charge on any atom is -0.351 e. The van der Waals surface area contributed by atoms with Gasteiger partial charge in [-0.1, -0.05) is 22.0 Å². The van der Waals surface area contributed by atoms with Gasteiger partial charge in [-0.3, -0.25) is 9.59 Å². The summed E-state index contributed by atoms with van der Waals surface area (Å²) >= 11 is 4.78. The summed E-state index contributed by atoms with van der Waals surface area (Å²) in [4.78, 5) is 24.6. The summed E-state index contributed by atoms with van der Waals surface area (Å²) in [5, 5.41) is 7.51. The lowest BCUT2D eigenvalue weighted by molar-refractivity contribution is -0.116. The van der Waals surface area contributed by atoms with Gasteiger partial charge in [0, 0.05) is 23.1 Å². The summed E-state index contributed by atoms with van der Waals surface area (Å²) < 4.78 is 0.912. The first kappa shape index (κ1) is 16.7. The predicted octanol–water partition coefficient (Wildman–Crippen LogP) is 3.89. The Kier molecular flexibility index (Phi) is 5.74. The second-order valence-corrected chi connectivity index (χ2v) is 6.78. The molecule has 0 saturated heterocycles. The third-order valence-electron chi connectivity index (χ3n) is 3.18. The van der Waals surface area contributed by atoms with Crippen LogP contribution in [0.3, 0.4) is 0 Å². The van der Waals surface area contributed by atoms with E-state index in [1.54, 1.807) is 0 Å². The fourth-order valence-electron chi connectivity index (χ4n) is 1.92. The number of thiophene rings is 1. The second-order valence-electron chi connectivity index (χ2n) is 4.95. The van der Waals surface area contributed by atoms with Gasteiger partial charge in [-0.25, -0.2) is 0 Å². The van der Waals surface area contributed by atoms with Crippen LogP contribution >= 0.6 is 27.3 Å². The molecule has 0 aliphatic rings. The van der Waals surface area contributed by atoms with Crippen LogP contribution in [0.4, 0.5) is 5.69 Å². The van der Waals surface area contributed by atoms with Crippen molar-refractivity contribution in [3.63, 3.8) is 0 Å². The zero-order valence-corrected chi connectivity index (χ0v) is 14.8. The SMILES string of the molecule is Cc1ccc(Br)cc1NC(=O)CCNC(=O)c1sccc1C. The molecule has 1 aromatic heterocycles. The molecule has 0 radical (unpaired) electrons. The van der Waals surface area contributed by atoms with E-state index in [1.807, 2.05) is 43.5 Å². The van der Waals surface area contributed by atoms with E-state index < -0.39 is 0 Å². The quantitative estimate of drug-likeness (QED) is 0.826.